The third-order valence-electron chi connectivity index (χ3n) is 6.09. The monoisotopic (exact) mass is 539 g/mol. The molecule has 14 heteroatoms. The van der Waals surface area contributed by atoms with Gasteiger partial charge in [0.15, 0.2) is 0 Å². The highest BCUT2D eigenvalue weighted by atomic mass is 32.2. The fraction of sp³-hybridized carbons (Fsp3) is 0.208. The SMILES string of the molecule is COC(=O)Cn1nccc1Cn1ncc2cc(S(=O)(=O)c3ccc4c(c3)N(C(=O)O)CCO4)ccc2c1=O. The van der Waals surface area contributed by atoms with Crippen molar-refractivity contribution in [3.05, 3.63) is 70.9 Å². The summed E-state index contributed by atoms with van der Waals surface area (Å²) in [6.45, 7) is 0.141. The number of hydrogen-bond donors (Lipinski definition) is 1. The first-order valence-electron chi connectivity index (χ1n) is 11.3. The number of ether oxygens (including phenoxy) is 2. The largest absolute Gasteiger partial charge is 0.490 e. The third-order valence-corrected chi connectivity index (χ3v) is 7.84. The first kappa shape index (κ1) is 25.0. The van der Waals surface area contributed by atoms with Gasteiger partial charge in [-0.25, -0.2) is 17.9 Å². The van der Waals surface area contributed by atoms with Gasteiger partial charge in [0.2, 0.25) is 9.84 Å². The second-order valence-electron chi connectivity index (χ2n) is 8.33. The molecule has 0 aliphatic carbocycles. The van der Waals surface area contributed by atoms with E-state index >= 15 is 0 Å². The van der Waals surface area contributed by atoms with E-state index in [0.29, 0.717) is 11.1 Å². The van der Waals surface area contributed by atoms with Crippen molar-refractivity contribution in [1.29, 1.82) is 0 Å². The van der Waals surface area contributed by atoms with Crippen LogP contribution in [0.4, 0.5) is 10.5 Å². The molecule has 4 aromatic rings. The highest BCUT2D eigenvalue weighted by Gasteiger charge is 2.27. The summed E-state index contributed by atoms with van der Waals surface area (Å²) in [5, 5.41) is 18.3. The quantitative estimate of drug-likeness (QED) is 0.355. The molecule has 5 rings (SSSR count). The van der Waals surface area contributed by atoms with Crippen LogP contribution in [0.5, 0.6) is 5.75 Å². The zero-order valence-electron chi connectivity index (χ0n) is 20.0. The molecule has 1 amide bonds. The predicted octanol–water partition coefficient (Wildman–Crippen LogP) is 1.52. The minimum Gasteiger partial charge on any atom is -0.490 e. The molecule has 0 atom stereocenters. The van der Waals surface area contributed by atoms with Gasteiger partial charge in [0.1, 0.15) is 18.9 Å². The molecule has 196 valence electrons. The Morgan fingerprint density at radius 2 is 1.84 bits per heavy atom. The third kappa shape index (κ3) is 4.45. The van der Waals surface area contributed by atoms with E-state index in [1.54, 1.807) is 6.07 Å². The number of carbonyl (C=O) groups excluding carboxylic acids is 1. The van der Waals surface area contributed by atoms with Crippen molar-refractivity contribution in [2.75, 3.05) is 25.2 Å². The Morgan fingerprint density at radius 1 is 1.08 bits per heavy atom. The van der Waals surface area contributed by atoms with Crippen LogP contribution in [0.25, 0.3) is 10.8 Å². The standard InChI is InChI=1S/C24H21N5O8S/c1-36-22(30)14-28-16(6-7-25-28)13-29-23(31)19-4-2-17(10-15(19)12-26-29)38(34,35)18-3-5-21-20(11-18)27(24(32)33)8-9-37-21/h2-7,10-12H,8-9,13-14H2,1H3,(H,32,33). The Balaban J connectivity index is 1.47. The Labute approximate surface area is 215 Å². The molecule has 2 aromatic heterocycles. The molecule has 0 spiro atoms. The molecular weight excluding hydrogens is 518 g/mol. The summed E-state index contributed by atoms with van der Waals surface area (Å²) in [6.07, 6.45) is 1.65. The molecule has 1 aliphatic rings. The van der Waals surface area contributed by atoms with Gasteiger partial charge in [-0.3, -0.25) is 19.2 Å². The van der Waals surface area contributed by atoms with Crippen molar-refractivity contribution in [3.8, 4) is 5.75 Å². The molecule has 13 nitrogen and oxygen atoms in total. The van der Waals surface area contributed by atoms with E-state index in [9.17, 15) is 27.9 Å². The van der Waals surface area contributed by atoms with Crippen LogP contribution in [-0.2, 0) is 32.5 Å². The molecule has 0 radical (unpaired) electrons. The van der Waals surface area contributed by atoms with E-state index in [2.05, 4.69) is 14.9 Å². The van der Waals surface area contributed by atoms with Crippen LogP contribution in [-0.4, -0.2) is 65.4 Å². The number of fused-ring (bicyclic) bond motifs is 2. The summed E-state index contributed by atoms with van der Waals surface area (Å²) in [6, 6.07) is 9.73. The summed E-state index contributed by atoms with van der Waals surface area (Å²) in [4.78, 5) is 37.1. The van der Waals surface area contributed by atoms with Crippen LogP contribution in [0, 0.1) is 0 Å². The lowest BCUT2D eigenvalue weighted by molar-refractivity contribution is -0.141. The van der Waals surface area contributed by atoms with Crippen LogP contribution >= 0.6 is 0 Å². The second kappa shape index (κ2) is 9.63. The Kier molecular flexibility index (Phi) is 6.32. The molecule has 0 saturated carbocycles. The molecule has 1 N–H and O–H groups in total. The fourth-order valence-electron chi connectivity index (χ4n) is 4.12. The normalized spacial score (nSPS) is 13.1. The van der Waals surface area contributed by atoms with Crippen LogP contribution in [0.15, 0.2) is 69.4 Å². The van der Waals surface area contributed by atoms with Crippen molar-refractivity contribution in [3.63, 3.8) is 0 Å². The maximum atomic E-state index is 13.4. The number of aromatic nitrogens is 4. The molecule has 0 saturated heterocycles. The summed E-state index contributed by atoms with van der Waals surface area (Å²) in [5.74, 6) is -0.224. The smallest absolute Gasteiger partial charge is 0.412 e. The van der Waals surface area contributed by atoms with Gasteiger partial charge in [-0.2, -0.15) is 10.2 Å². The van der Waals surface area contributed by atoms with Crippen LogP contribution in [0.3, 0.4) is 0 Å². The van der Waals surface area contributed by atoms with Crippen LogP contribution in [0.2, 0.25) is 0 Å². The topological polar surface area (TPSA) is 163 Å². The Bertz CT molecular complexity index is 1740. The molecular formula is C24H21N5O8S. The Hall–Kier alpha value is -4.72. The number of carboxylic acid groups (broad SMARTS) is 1. The number of methoxy groups -OCH3 is 1. The summed E-state index contributed by atoms with van der Waals surface area (Å²) in [5.41, 5.74) is 0.234. The van der Waals surface area contributed by atoms with Gasteiger partial charge >= 0.3 is 12.1 Å². The maximum Gasteiger partial charge on any atom is 0.412 e. The van der Waals surface area contributed by atoms with Crippen LogP contribution < -0.4 is 15.2 Å². The van der Waals surface area contributed by atoms with Gasteiger partial charge in [-0.1, -0.05) is 0 Å². The number of esters is 1. The number of anilines is 1. The lowest BCUT2D eigenvalue weighted by Gasteiger charge is -2.27. The molecule has 0 unspecified atom stereocenters. The number of amides is 1. The van der Waals surface area contributed by atoms with Crippen molar-refractivity contribution in [2.45, 2.75) is 22.9 Å². The molecule has 38 heavy (non-hydrogen) atoms. The molecule has 0 fully saturated rings. The van der Waals surface area contributed by atoms with Gasteiger partial charge in [0.05, 0.1) is 53.0 Å². The van der Waals surface area contributed by atoms with Gasteiger partial charge < -0.3 is 14.6 Å². The summed E-state index contributed by atoms with van der Waals surface area (Å²) in [7, 11) is -2.80. The first-order chi connectivity index (χ1) is 18.2. The lowest BCUT2D eigenvalue weighted by Crippen LogP contribution is -2.36. The molecule has 3 heterocycles. The maximum absolute atomic E-state index is 13.4. The van der Waals surface area contributed by atoms with E-state index < -0.39 is 27.5 Å². The van der Waals surface area contributed by atoms with Crippen molar-refractivity contribution >= 4 is 38.4 Å². The molecule has 0 bridgehead atoms. The number of rotatable bonds is 6. The van der Waals surface area contributed by atoms with Gasteiger partial charge in [0.25, 0.3) is 5.56 Å². The first-order valence-corrected chi connectivity index (χ1v) is 12.8. The Morgan fingerprint density at radius 3 is 2.61 bits per heavy atom. The minimum absolute atomic E-state index is 0.0308. The second-order valence-corrected chi connectivity index (χ2v) is 10.3. The van der Waals surface area contributed by atoms with E-state index in [0.717, 1.165) is 4.90 Å². The number of sulfone groups is 1. The highest BCUT2D eigenvalue weighted by molar-refractivity contribution is 7.91. The number of benzene rings is 2. The minimum atomic E-state index is -4.06. The van der Waals surface area contributed by atoms with Crippen molar-refractivity contribution < 1.29 is 32.6 Å². The summed E-state index contributed by atoms with van der Waals surface area (Å²) >= 11 is 0. The van der Waals surface area contributed by atoms with E-state index in [1.807, 2.05) is 0 Å². The van der Waals surface area contributed by atoms with Crippen molar-refractivity contribution in [2.24, 2.45) is 0 Å². The van der Waals surface area contributed by atoms with Gasteiger partial charge in [-0.05, 0) is 42.5 Å². The fourth-order valence-corrected chi connectivity index (χ4v) is 5.44. The number of nitrogens with zero attached hydrogens (tertiary/aromatic N) is 5. The number of hydrogen-bond acceptors (Lipinski definition) is 9. The lowest BCUT2D eigenvalue weighted by atomic mass is 10.2. The van der Waals surface area contributed by atoms with E-state index in [4.69, 9.17) is 4.74 Å². The van der Waals surface area contributed by atoms with Gasteiger partial charge in [-0.15, -0.1) is 0 Å². The predicted molar refractivity (Wildman–Crippen MR) is 132 cm³/mol. The van der Waals surface area contributed by atoms with E-state index in [1.165, 1.54) is 65.3 Å². The van der Waals surface area contributed by atoms with Crippen molar-refractivity contribution in [1.82, 2.24) is 19.6 Å². The van der Waals surface area contributed by atoms with Crippen LogP contribution in [0.1, 0.15) is 5.69 Å². The zero-order valence-corrected chi connectivity index (χ0v) is 20.8. The molecule has 1 aliphatic heterocycles. The van der Waals surface area contributed by atoms with Gasteiger partial charge in [0, 0.05) is 11.6 Å². The zero-order chi connectivity index (χ0) is 27.0. The summed E-state index contributed by atoms with van der Waals surface area (Å²) < 4.78 is 39.5. The highest BCUT2D eigenvalue weighted by Crippen LogP contribution is 2.35. The van der Waals surface area contributed by atoms with E-state index in [-0.39, 0.29) is 52.9 Å². The molecule has 2 aromatic carbocycles. The number of carbonyl (C=O) groups is 2. The average molecular weight is 540 g/mol. The average Bonchev–Trinajstić information content (AvgIpc) is 3.35.